The molecule has 3 rings (SSSR count). The van der Waals surface area contributed by atoms with Gasteiger partial charge < -0.3 is 4.90 Å². The number of hydrogen-bond donors (Lipinski definition) is 0. The van der Waals surface area contributed by atoms with E-state index in [1.165, 1.54) is 11.1 Å². The third-order valence-electron chi connectivity index (χ3n) is 4.51. The van der Waals surface area contributed by atoms with Crippen molar-refractivity contribution in [3.8, 4) is 6.07 Å². The summed E-state index contributed by atoms with van der Waals surface area (Å²) < 4.78 is 0. The predicted octanol–water partition coefficient (Wildman–Crippen LogP) is 2.92. The number of nitriles is 1. The van der Waals surface area contributed by atoms with Crippen molar-refractivity contribution >= 4 is 0 Å². The first-order valence-corrected chi connectivity index (χ1v) is 8.31. The van der Waals surface area contributed by atoms with E-state index in [-0.39, 0.29) is 0 Å². The van der Waals surface area contributed by atoms with E-state index in [1.807, 2.05) is 12.1 Å². The Morgan fingerprint density at radius 1 is 0.783 bits per heavy atom. The highest BCUT2D eigenvalue weighted by molar-refractivity contribution is 5.31. The van der Waals surface area contributed by atoms with Crippen molar-refractivity contribution in [2.45, 2.75) is 13.0 Å². The van der Waals surface area contributed by atoms with Crippen LogP contribution >= 0.6 is 0 Å². The summed E-state index contributed by atoms with van der Waals surface area (Å²) in [5, 5.41) is 8.85. The molecule has 3 heteroatoms. The zero-order valence-corrected chi connectivity index (χ0v) is 13.5. The van der Waals surface area contributed by atoms with Gasteiger partial charge in [-0.2, -0.15) is 5.26 Å². The van der Waals surface area contributed by atoms with Gasteiger partial charge in [-0.3, -0.25) is 4.90 Å². The lowest BCUT2D eigenvalue weighted by Crippen LogP contribution is -2.46. The Bertz CT molecular complexity index is 635. The van der Waals surface area contributed by atoms with Crippen LogP contribution in [0, 0.1) is 11.3 Å². The van der Waals surface area contributed by atoms with Crippen LogP contribution in [0.4, 0.5) is 0 Å². The summed E-state index contributed by atoms with van der Waals surface area (Å²) in [4.78, 5) is 5.06. The largest absolute Gasteiger partial charge is 0.300 e. The number of hydrogen-bond acceptors (Lipinski definition) is 3. The maximum Gasteiger partial charge on any atom is 0.0991 e. The smallest absolute Gasteiger partial charge is 0.0991 e. The second-order valence-corrected chi connectivity index (χ2v) is 6.16. The van der Waals surface area contributed by atoms with E-state index in [2.05, 4.69) is 58.3 Å². The Balaban J connectivity index is 1.42. The average Bonchev–Trinajstić information content (AvgIpc) is 2.63. The molecule has 0 unspecified atom stereocenters. The van der Waals surface area contributed by atoms with Gasteiger partial charge >= 0.3 is 0 Å². The van der Waals surface area contributed by atoms with Crippen LogP contribution in [0.2, 0.25) is 0 Å². The summed E-state index contributed by atoms with van der Waals surface area (Å²) >= 11 is 0. The van der Waals surface area contributed by atoms with E-state index in [0.29, 0.717) is 0 Å². The molecular weight excluding hydrogens is 282 g/mol. The topological polar surface area (TPSA) is 30.3 Å². The molecule has 2 aromatic rings. The minimum Gasteiger partial charge on any atom is -0.300 e. The molecule has 0 atom stereocenters. The van der Waals surface area contributed by atoms with E-state index < -0.39 is 0 Å². The van der Waals surface area contributed by atoms with E-state index in [4.69, 9.17) is 5.26 Å². The molecule has 1 aliphatic heterocycles. The summed E-state index contributed by atoms with van der Waals surface area (Å²) in [5.41, 5.74) is 3.45. The second-order valence-electron chi connectivity index (χ2n) is 6.16. The summed E-state index contributed by atoms with van der Waals surface area (Å²) in [7, 11) is 0. The number of nitrogens with zero attached hydrogens (tertiary/aromatic N) is 3. The summed E-state index contributed by atoms with van der Waals surface area (Å²) in [6, 6.07) is 20.9. The summed E-state index contributed by atoms with van der Waals surface area (Å²) in [6.07, 6.45) is 1.14. The predicted molar refractivity (Wildman–Crippen MR) is 93.0 cm³/mol. The lowest BCUT2D eigenvalue weighted by atomic mass is 10.1. The molecule has 0 aliphatic carbocycles. The molecule has 1 aliphatic rings. The molecule has 23 heavy (non-hydrogen) atoms. The molecule has 0 amide bonds. The van der Waals surface area contributed by atoms with Crippen LogP contribution in [0.1, 0.15) is 16.7 Å². The zero-order valence-electron chi connectivity index (χ0n) is 13.5. The molecule has 1 heterocycles. The first-order valence-electron chi connectivity index (χ1n) is 8.31. The first kappa shape index (κ1) is 15.7. The molecular formula is C20H23N3. The van der Waals surface area contributed by atoms with Crippen LogP contribution < -0.4 is 0 Å². The number of benzene rings is 2. The van der Waals surface area contributed by atoms with Gasteiger partial charge in [-0.15, -0.1) is 0 Å². The minimum atomic E-state index is 0.736. The van der Waals surface area contributed by atoms with Crippen LogP contribution in [0.3, 0.4) is 0 Å². The molecule has 0 bridgehead atoms. The van der Waals surface area contributed by atoms with Gasteiger partial charge in [0.1, 0.15) is 0 Å². The van der Waals surface area contributed by atoms with Crippen molar-refractivity contribution in [3.05, 3.63) is 71.3 Å². The Morgan fingerprint density at radius 3 is 2.09 bits per heavy atom. The van der Waals surface area contributed by atoms with E-state index >= 15 is 0 Å². The van der Waals surface area contributed by atoms with Crippen molar-refractivity contribution in [1.29, 1.82) is 5.26 Å². The van der Waals surface area contributed by atoms with Gasteiger partial charge in [0.25, 0.3) is 0 Å². The quantitative estimate of drug-likeness (QED) is 0.851. The molecule has 1 saturated heterocycles. The first-order chi connectivity index (χ1) is 11.3. The highest BCUT2D eigenvalue weighted by Crippen LogP contribution is 2.10. The van der Waals surface area contributed by atoms with Gasteiger partial charge in [0.2, 0.25) is 0 Å². The molecule has 0 N–H and O–H groups in total. The fraction of sp³-hybridized carbons (Fsp3) is 0.350. The van der Waals surface area contributed by atoms with Crippen molar-refractivity contribution in [2.75, 3.05) is 32.7 Å². The lowest BCUT2D eigenvalue weighted by molar-refractivity contribution is 0.128. The molecule has 1 fully saturated rings. The molecule has 118 valence electrons. The van der Waals surface area contributed by atoms with E-state index in [9.17, 15) is 0 Å². The van der Waals surface area contributed by atoms with Crippen molar-refractivity contribution in [1.82, 2.24) is 9.80 Å². The third-order valence-corrected chi connectivity index (χ3v) is 4.51. The standard InChI is InChI=1S/C20H23N3/c21-16-19-6-8-20(9-7-19)17-23-14-12-22(13-15-23)11-10-18-4-2-1-3-5-18/h1-9H,10-15,17H2. The normalized spacial score (nSPS) is 16.1. The monoisotopic (exact) mass is 305 g/mol. The van der Waals surface area contributed by atoms with Crippen molar-refractivity contribution < 1.29 is 0 Å². The van der Waals surface area contributed by atoms with Gasteiger partial charge in [0, 0.05) is 39.3 Å². The van der Waals surface area contributed by atoms with Crippen LogP contribution in [0.25, 0.3) is 0 Å². The van der Waals surface area contributed by atoms with Crippen LogP contribution in [-0.2, 0) is 13.0 Å². The number of piperazine rings is 1. The Morgan fingerprint density at radius 2 is 1.43 bits per heavy atom. The third kappa shape index (κ3) is 4.66. The molecule has 2 aromatic carbocycles. The Hall–Kier alpha value is -2.15. The fourth-order valence-corrected chi connectivity index (χ4v) is 3.05. The lowest BCUT2D eigenvalue weighted by Gasteiger charge is -2.34. The molecule has 0 radical (unpaired) electrons. The van der Waals surface area contributed by atoms with Gasteiger partial charge in [0.05, 0.1) is 11.6 Å². The van der Waals surface area contributed by atoms with Gasteiger partial charge in [-0.05, 0) is 29.7 Å². The molecule has 0 saturated carbocycles. The summed E-state index contributed by atoms with van der Waals surface area (Å²) in [5.74, 6) is 0. The van der Waals surface area contributed by atoms with Crippen LogP contribution in [-0.4, -0.2) is 42.5 Å². The van der Waals surface area contributed by atoms with E-state index in [1.54, 1.807) is 0 Å². The van der Waals surface area contributed by atoms with Gasteiger partial charge in [0.15, 0.2) is 0 Å². The average molecular weight is 305 g/mol. The number of rotatable bonds is 5. The van der Waals surface area contributed by atoms with Crippen LogP contribution in [0.15, 0.2) is 54.6 Å². The minimum absolute atomic E-state index is 0.736. The fourth-order valence-electron chi connectivity index (χ4n) is 3.05. The highest BCUT2D eigenvalue weighted by atomic mass is 15.3. The van der Waals surface area contributed by atoms with Gasteiger partial charge in [-0.25, -0.2) is 0 Å². The van der Waals surface area contributed by atoms with E-state index in [0.717, 1.165) is 51.3 Å². The maximum atomic E-state index is 8.85. The molecule has 3 nitrogen and oxygen atoms in total. The zero-order chi connectivity index (χ0) is 15.9. The van der Waals surface area contributed by atoms with Crippen molar-refractivity contribution in [3.63, 3.8) is 0 Å². The van der Waals surface area contributed by atoms with Crippen LogP contribution in [0.5, 0.6) is 0 Å². The maximum absolute atomic E-state index is 8.85. The van der Waals surface area contributed by atoms with Crippen molar-refractivity contribution in [2.24, 2.45) is 0 Å². The Labute approximate surface area is 138 Å². The molecule has 0 spiro atoms. The molecule has 0 aromatic heterocycles. The van der Waals surface area contributed by atoms with Gasteiger partial charge in [-0.1, -0.05) is 42.5 Å². The Kier molecular flexibility index (Phi) is 5.42. The SMILES string of the molecule is N#Cc1ccc(CN2CCN(CCc3ccccc3)CC2)cc1. The second kappa shape index (κ2) is 7.92. The highest BCUT2D eigenvalue weighted by Gasteiger charge is 2.16. The summed E-state index contributed by atoms with van der Waals surface area (Å²) in [6.45, 7) is 6.66.